The third-order valence-electron chi connectivity index (χ3n) is 5.21. The van der Waals surface area contributed by atoms with Gasteiger partial charge in [-0.3, -0.25) is 14.4 Å². The zero-order valence-electron chi connectivity index (χ0n) is 18.4. The van der Waals surface area contributed by atoms with Gasteiger partial charge in [-0.05, 0) is 67.7 Å². The Balaban J connectivity index is 1.80. The largest absolute Gasteiger partial charge is 0.460 e. The number of carbonyl (C=O) groups excluding carboxylic acids is 3. The lowest BCUT2D eigenvalue weighted by Crippen LogP contribution is -2.45. The standard InChI is InChI=1S/C22H27BrN4O4/c1-12-25-18(19(23)26(12)5)13-6-7-15-14(10-13)11-27(21(15)30)16(20(24)29)8-9-17(28)31-22(2,3)4/h6-7,10,16H,8-9,11H2,1-5H3,(H2,24,29). The number of nitrogens with two attached hydrogens (primary N) is 1. The highest BCUT2D eigenvalue weighted by atomic mass is 79.9. The Morgan fingerprint density at radius 3 is 2.55 bits per heavy atom. The topological polar surface area (TPSA) is 108 Å². The van der Waals surface area contributed by atoms with Crippen molar-refractivity contribution in [3.05, 3.63) is 39.8 Å². The molecule has 2 heterocycles. The fraction of sp³-hybridized carbons (Fsp3) is 0.455. The summed E-state index contributed by atoms with van der Waals surface area (Å²) >= 11 is 3.56. The lowest BCUT2D eigenvalue weighted by Gasteiger charge is -2.25. The van der Waals surface area contributed by atoms with E-state index in [0.29, 0.717) is 5.56 Å². The number of hydrogen-bond acceptors (Lipinski definition) is 5. The molecule has 9 heteroatoms. The van der Waals surface area contributed by atoms with Crippen molar-refractivity contribution in [2.24, 2.45) is 12.8 Å². The number of ether oxygens (including phenoxy) is 1. The Kier molecular flexibility index (Phi) is 6.27. The highest BCUT2D eigenvalue weighted by Gasteiger charge is 2.36. The first-order chi connectivity index (χ1) is 14.4. The van der Waals surface area contributed by atoms with Gasteiger partial charge in [0.1, 0.15) is 27.8 Å². The molecule has 166 valence electrons. The number of halogens is 1. The van der Waals surface area contributed by atoms with Crippen LogP contribution in [0.3, 0.4) is 0 Å². The van der Waals surface area contributed by atoms with Gasteiger partial charge in [0.15, 0.2) is 0 Å². The van der Waals surface area contributed by atoms with Crippen LogP contribution >= 0.6 is 15.9 Å². The van der Waals surface area contributed by atoms with Crippen LogP contribution in [0.25, 0.3) is 11.3 Å². The van der Waals surface area contributed by atoms with E-state index in [1.165, 1.54) is 4.90 Å². The molecule has 1 aliphatic heterocycles. The van der Waals surface area contributed by atoms with E-state index in [2.05, 4.69) is 20.9 Å². The van der Waals surface area contributed by atoms with Gasteiger partial charge < -0.3 is 19.9 Å². The summed E-state index contributed by atoms with van der Waals surface area (Å²) in [5.41, 5.74) is 7.93. The average Bonchev–Trinajstić information content (AvgIpc) is 3.11. The fourth-order valence-electron chi connectivity index (χ4n) is 3.61. The van der Waals surface area contributed by atoms with Gasteiger partial charge in [0, 0.05) is 31.1 Å². The lowest BCUT2D eigenvalue weighted by atomic mass is 10.0. The summed E-state index contributed by atoms with van der Waals surface area (Å²) < 4.78 is 8.08. The Bertz CT molecular complexity index is 1050. The van der Waals surface area contributed by atoms with Gasteiger partial charge >= 0.3 is 5.97 Å². The number of primary amides is 1. The summed E-state index contributed by atoms with van der Waals surface area (Å²) in [7, 11) is 1.91. The Morgan fingerprint density at radius 2 is 2.00 bits per heavy atom. The number of hydrogen-bond donors (Lipinski definition) is 1. The molecule has 1 unspecified atom stereocenters. The second-order valence-corrected chi connectivity index (χ2v) is 9.46. The number of esters is 1. The number of aromatic nitrogens is 2. The molecule has 0 saturated carbocycles. The Morgan fingerprint density at radius 1 is 1.32 bits per heavy atom. The molecular formula is C22H27BrN4O4. The third-order valence-corrected chi connectivity index (χ3v) is 6.11. The number of benzene rings is 1. The van der Waals surface area contributed by atoms with Crippen LogP contribution in [0.15, 0.2) is 22.8 Å². The zero-order valence-corrected chi connectivity index (χ0v) is 19.9. The molecule has 2 N–H and O–H groups in total. The van der Waals surface area contributed by atoms with Crippen LogP contribution in [-0.2, 0) is 27.9 Å². The fourth-order valence-corrected chi connectivity index (χ4v) is 4.18. The molecule has 1 atom stereocenters. The molecule has 2 aromatic rings. The van der Waals surface area contributed by atoms with Crippen molar-refractivity contribution in [2.75, 3.05) is 0 Å². The van der Waals surface area contributed by atoms with Crippen LogP contribution in [0, 0.1) is 6.92 Å². The van der Waals surface area contributed by atoms with Gasteiger partial charge in [0.25, 0.3) is 5.91 Å². The maximum atomic E-state index is 13.0. The second-order valence-electron chi connectivity index (χ2n) is 8.71. The molecule has 1 aliphatic rings. The van der Waals surface area contributed by atoms with Gasteiger partial charge in [0.05, 0.1) is 0 Å². The molecular weight excluding hydrogens is 464 g/mol. The molecule has 3 rings (SSSR count). The highest BCUT2D eigenvalue weighted by molar-refractivity contribution is 9.10. The molecule has 0 saturated heterocycles. The highest BCUT2D eigenvalue weighted by Crippen LogP contribution is 2.33. The van der Waals surface area contributed by atoms with Gasteiger partial charge in [-0.25, -0.2) is 4.98 Å². The van der Waals surface area contributed by atoms with E-state index in [0.717, 1.165) is 27.2 Å². The zero-order chi connectivity index (χ0) is 23.1. The normalized spacial score (nSPS) is 14.5. The molecule has 0 bridgehead atoms. The summed E-state index contributed by atoms with van der Waals surface area (Å²) in [5, 5.41) is 0. The predicted octanol–water partition coefficient (Wildman–Crippen LogP) is 3.09. The number of nitrogens with zero attached hydrogens (tertiary/aromatic N) is 3. The van der Waals surface area contributed by atoms with Crippen LogP contribution < -0.4 is 5.73 Å². The minimum Gasteiger partial charge on any atom is -0.460 e. The van der Waals surface area contributed by atoms with Crippen LogP contribution in [0.5, 0.6) is 0 Å². The number of fused-ring (bicyclic) bond motifs is 1. The van der Waals surface area contributed by atoms with Crippen LogP contribution in [0.1, 0.15) is 55.4 Å². The van der Waals surface area contributed by atoms with Crippen molar-refractivity contribution in [3.63, 3.8) is 0 Å². The summed E-state index contributed by atoms with van der Waals surface area (Å²) in [6.45, 7) is 7.48. The van der Waals surface area contributed by atoms with E-state index in [9.17, 15) is 14.4 Å². The Hall–Kier alpha value is -2.68. The first-order valence-electron chi connectivity index (χ1n) is 10.0. The molecule has 2 amide bonds. The van der Waals surface area contributed by atoms with Crippen molar-refractivity contribution < 1.29 is 19.1 Å². The smallest absolute Gasteiger partial charge is 0.306 e. The maximum absolute atomic E-state index is 13.0. The molecule has 0 spiro atoms. The van der Waals surface area contributed by atoms with Gasteiger partial charge in [-0.1, -0.05) is 6.07 Å². The van der Waals surface area contributed by atoms with Crippen LogP contribution in [-0.4, -0.2) is 43.9 Å². The van der Waals surface area contributed by atoms with Crippen molar-refractivity contribution in [2.45, 2.75) is 58.7 Å². The number of carbonyl (C=O) groups is 3. The second kappa shape index (κ2) is 8.45. The maximum Gasteiger partial charge on any atom is 0.306 e. The monoisotopic (exact) mass is 490 g/mol. The number of rotatable bonds is 6. The van der Waals surface area contributed by atoms with Crippen molar-refractivity contribution in [1.82, 2.24) is 14.5 Å². The quantitative estimate of drug-likeness (QED) is 0.625. The van der Waals surface area contributed by atoms with E-state index in [-0.39, 0.29) is 25.3 Å². The minimum absolute atomic E-state index is 0.00356. The molecule has 31 heavy (non-hydrogen) atoms. The summed E-state index contributed by atoms with van der Waals surface area (Å²) in [6, 6.07) is 4.60. The molecule has 1 aromatic carbocycles. The van der Waals surface area contributed by atoms with Crippen LogP contribution in [0.2, 0.25) is 0 Å². The van der Waals surface area contributed by atoms with Gasteiger partial charge in [-0.2, -0.15) is 0 Å². The van der Waals surface area contributed by atoms with E-state index < -0.39 is 23.5 Å². The molecule has 8 nitrogen and oxygen atoms in total. The summed E-state index contributed by atoms with van der Waals surface area (Å²) in [6.07, 6.45) is 0.109. The van der Waals surface area contributed by atoms with E-state index in [1.54, 1.807) is 26.8 Å². The number of amides is 2. The summed E-state index contributed by atoms with van der Waals surface area (Å²) in [4.78, 5) is 43.2. The third kappa shape index (κ3) is 4.81. The SMILES string of the molecule is Cc1nc(-c2ccc3c(c2)CN(C(CCC(=O)OC(C)(C)C)C(N)=O)C3=O)c(Br)n1C. The number of aryl methyl sites for hydroxylation is 1. The number of imidazole rings is 1. The lowest BCUT2D eigenvalue weighted by molar-refractivity contribution is -0.155. The molecule has 1 aromatic heterocycles. The van der Waals surface area contributed by atoms with E-state index in [1.807, 2.05) is 30.7 Å². The van der Waals surface area contributed by atoms with Gasteiger partial charge in [-0.15, -0.1) is 0 Å². The molecule has 0 fully saturated rings. The predicted molar refractivity (Wildman–Crippen MR) is 119 cm³/mol. The van der Waals surface area contributed by atoms with E-state index in [4.69, 9.17) is 10.5 Å². The minimum atomic E-state index is -0.889. The van der Waals surface area contributed by atoms with Crippen molar-refractivity contribution in [1.29, 1.82) is 0 Å². The average molecular weight is 491 g/mol. The summed E-state index contributed by atoms with van der Waals surface area (Å²) in [5.74, 6) is -0.490. The van der Waals surface area contributed by atoms with Crippen LogP contribution in [0.4, 0.5) is 0 Å². The van der Waals surface area contributed by atoms with E-state index >= 15 is 0 Å². The van der Waals surface area contributed by atoms with Crippen molar-refractivity contribution >= 4 is 33.7 Å². The first kappa shape index (κ1) is 23.0. The van der Waals surface area contributed by atoms with Crippen molar-refractivity contribution in [3.8, 4) is 11.3 Å². The van der Waals surface area contributed by atoms with Gasteiger partial charge in [0.2, 0.25) is 5.91 Å². The first-order valence-corrected chi connectivity index (χ1v) is 10.8. The Labute approximate surface area is 189 Å². The molecule has 0 aliphatic carbocycles. The molecule has 0 radical (unpaired) electrons.